The lowest BCUT2D eigenvalue weighted by atomic mass is 10.1. The maximum atomic E-state index is 11.9. The van der Waals surface area contributed by atoms with Gasteiger partial charge < -0.3 is 10.6 Å². The van der Waals surface area contributed by atoms with Crippen molar-refractivity contribution in [3.63, 3.8) is 0 Å². The molecule has 0 aliphatic carbocycles. The van der Waals surface area contributed by atoms with E-state index in [0.717, 1.165) is 11.3 Å². The molecular weight excluding hydrogens is 244 g/mol. The van der Waals surface area contributed by atoms with E-state index in [-0.39, 0.29) is 5.91 Å². The standard InChI is InChI=1S/C14H22N2OS/c1-5-18-12-8-6-11(7-9-12)10-16-13(17)14(2,3)15-4/h6-9,15H,5,10H2,1-4H3,(H,16,17). The van der Waals surface area contributed by atoms with Crippen LogP contribution in [0.25, 0.3) is 0 Å². The smallest absolute Gasteiger partial charge is 0.239 e. The van der Waals surface area contributed by atoms with Crippen molar-refractivity contribution in [1.29, 1.82) is 0 Å². The van der Waals surface area contributed by atoms with E-state index in [9.17, 15) is 4.79 Å². The summed E-state index contributed by atoms with van der Waals surface area (Å²) in [6, 6.07) is 8.31. The second kappa shape index (κ2) is 6.81. The van der Waals surface area contributed by atoms with E-state index in [0.29, 0.717) is 6.54 Å². The molecule has 0 heterocycles. The number of hydrogen-bond donors (Lipinski definition) is 2. The minimum atomic E-state index is -0.530. The fraction of sp³-hybridized carbons (Fsp3) is 0.500. The fourth-order valence-electron chi connectivity index (χ4n) is 1.39. The quantitative estimate of drug-likeness (QED) is 0.777. The summed E-state index contributed by atoms with van der Waals surface area (Å²) in [6.45, 7) is 6.44. The van der Waals surface area contributed by atoms with Crippen LogP contribution < -0.4 is 10.6 Å². The number of thioether (sulfide) groups is 1. The Morgan fingerprint density at radius 2 is 1.89 bits per heavy atom. The largest absolute Gasteiger partial charge is 0.350 e. The fourth-order valence-corrected chi connectivity index (χ4v) is 2.05. The van der Waals surface area contributed by atoms with E-state index in [1.807, 2.05) is 25.6 Å². The van der Waals surface area contributed by atoms with Gasteiger partial charge in [0, 0.05) is 11.4 Å². The molecular formula is C14H22N2OS. The predicted octanol–water partition coefficient (Wildman–Crippen LogP) is 2.41. The van der Waals surface area contributed by atoms with Gasteiger partial charge in [-0.1, -0.05) is 19.1 Å². The minimum Gasteiger partial charge on any atom is -0.350 e. The highest BCUT2D eigenvalue weighted by molar-refractivity contribution is 7.99. The SMILES string of the molecule is CCSc1ccc(CNC(=O)C(C)(C)NC)cc1. The molecule has 3 nitrogen and oxygen atoms in total. The summed E-state index contributed by atoms with van der Waals surface area (Å²) in [7, 11) is 1.79. The molecule has 0 fully saturated rings. The summed E-state index contributed by atoms with van der Waals surface area (Å²) in [5.74, 6) is 1.09. The molecule has 0 bridgehead atoms. The third kappa shape index (κ3) is 4.35. The lowest BCUT2D eigenvalue weighted by Crippen LogP contribution is -2.50. The number of hydrogen-bond acceptors (Lipinski definition) is 3. The van der Waals surface area contributed by atoms with E-state index in [1.54, 1.807) is 7.05 Å². The summed E-state index contributed by atoms with van der Waals surface area (Å²) in [5, 5.41) is 5.92. The first-order chi connectivity index (χ1) is 8.49. The van der Waals surface area contributed by atoms with Crippen molar-refractivity contribution in [2.45, 2.75) is 37.8 Å². The summed E-state index contributed by atoms with van der Waals surface area (Å²) in [4.78, 5) is 13.1. The van der Waals surface area contributed by atoms with Gasteiger partial charge in [-0.3, -0.25) is 4.79 Å². The molecule has 1 amide bonds. The average Bonchev–Trinajstić information content (AvgIpc) is 2.38. The zero-order valence-corrected chi connectivity index (χ0v) is 12.4. The van der Waals surface area contributed by atoms with Crippen molar-refractivity contribution in [1.82, 2.24) is 10.6 Å². The Kier molecular flexibility index (Phi) is 5.69. The van der Waals surface area contributed by atoms with Crippen molar-refractivity contribution in [2.24, 2.45) is 0 Å². The lowest BCUT2D eigenvalue weighted by molar-refractivity contribution is -0.126. The van der Waals surface area contributed by atoms with Gasteiger partial charge in [-0.25, -0.2) is 0 Å². The first-order valence-electron chi connectivity index (χ1n) is 6.18. The second-order valence-electron chi connectivity index (χ2n) is 4.63. The van der Waals surface area contributed by atoms with Gasteiger partial charge in [0.05, 0.1) is 5.54 Å². The molecule has 2 N–H and O–H groups in total. The van der Waals surface area contributed by atoms with Crippen LogP contribution >= 0.6 is 11.8 Å². The molecule has 0 spiro atoms. The van der Waals surface area contributed by atoms with Crippen LogP contribution in [0.3, 0.4) is 0 Å². The van der Waals surface area contributed by atoms with E-state index < -0.39 is 5.54 Å². The molecule has 1 aromatic rings. The molecule has 1 aromatic carbocycles. The van der Waals surface area contributed by atoms with Gasteiger partial charge >= 0.3 is 0 Å². The molecule has 0 atom stereocenters. The topological polar surface area (TPSA) is 41.1 Å². The second-order valence-corrected chi connectivity index (χ2v) is 5.97. The first-order valence-corrected chi connectivity index (χ1v) is 7.17. The van der Waals surface area contributed by atoms with Gasteiger partial charge in [0.25, 0.3) is 0 Å². The lowest BCUT2D eigenvalue weighted by Gasteiger charge is -2.22. The number of benzene rings is 1. The predicted molar refractivity (Wildman–Crippen MR) is 77.8 cm³/mol. The van der Waals surface area contributed by atoms with Gasteiger partial charge in [0.15, 0.2) is 0 Å². The Morgan fingerprint density at radius 1 is 1.28 bits per heavy atom. The minimum absolute atomic E-state index is 0.0111. The zero-order chi connectivity index (χ0) is 13.6. The Morgan fingerprint density at radius 3 is 2.39 bits per heavy atom. The highest BCUT2D eigenvalue weighted by atomic mass is 32.2. The molecule has 0 saturated carbocycles. The molecule has 18 heavy (non-hydrogen) atoms. The van der Waals surface area contributed by atoms with Gasteiger partial charge in [-0.2, -0.15) is 0 Å². The number of amides is 1. The van der Waals surface area contributed by atoms with Crippen LogP contribution in [0.2, 0.25) is 0 Å². The summed E-state index contributed by atoms with van der Waals surface area (Å²) >= 11 is 1.82. The number of nitrogens with one attached hydrogen (secondary N) is 2. The van der Waals surface area contributed by atoms with Crippen LogP contribution in [0.4, 0.5) is 0 Å². The molecule has 0 aliphatic heterocycles. The van der Waals surface area contributed by atoms with Crippen LogP contribution in [0.15, 0.2) is 29.2 Å². The maximum Gasteiger partial charge on any atom is 0.239 e. The number of rotatable bonds is 6. The number of carbonyl (C=O) groups is 1. The van der Waals surface area contributed by atoms with Gasteiger partial charge in [-0.05, 0) is 44.3 Å². The monoisotopic (exact) mass is 266 g/mol. The Hall–Kier alpha value is -1.00. The summed E-state index contributed by atoms with van der Waals surface area (Å²) < 4.78 is 0. The number of carbonyl (C=O) groups excluding carboxylic acids is 1. The highest BCUT2D eigenvalue weighted by Crippen LogP contribution is 2.17. The average molecular weight is 266 g/mol. The van der Waals surface area contributed by atoms with Crippen LogP contribution in [-0.2, 0) is 11.3 Å². The van der Waals surface area contributed by atoms with Crippen molar-refractivity contribution >= 4 is 17.7 Å². The van der Waals surface area contributed by atoms with Crippen LogP contribution in [0.5, 0.6) is 0 Å². The zero-order valence-electron chi connectivity index (χ0n) is 11.5. The summed E-state index contributed by atoms with van der Waals surface area (Å²) in [5.41, 5.74) is 0.591. The van der Waals surface area contributed by atoms with Gasteiger partial charge in [-0.15, -0.1) is 11.8 Å². The number of likely N-dealkylation sites (N-methyl/N-ethyl adjacent to an activating group) is 1. The normalized spacial score (nSPS) is 11.3. The van der Waals surface area contributed by atoms with E-state index in [4.69, 9.17) is 0 Å². The summed E-state index contributed by atoms with van der Waals surface area (Å²) in [6.07, 6.45) is 0. The Labute approximate surface area is 114 Å². The van der Waals surface area contributed by atoms with Crippen molar-refractivity contribution in [2.75, 3.05) is 12.8 Å². The van der Waals surface area contributed by atoms with E-state index >= 15 is 0 Å². The molecule has 0 aromatic heterocycles. The van der Waals surface area contributed by atoms with Gasteiger partial charge in [0.1, 0.15) is 0 Å². The van der Waals surface area contributed by atoms with Crippen molar-refractivity contribution < 1.29 is 4.79 Å². The van der Waals surface area contributed by atoms with Gasteiger partial charge in [0.2, 0.25) is 5.91 Å². The van der Waals surface area contributed by atoms with Crippen molar-refractivity contribution in [3.8, 4) is 0 Å². The molecule has 1 rings (SSSR count). The Bertz CT molecular complexity index is 387. The highest BCUT2D eigenvalue weighted by Gasteiger charge is 2.24. The Balaban J connectivity index is 2.51. The molecule has 100 valence electrons. The third-order valence-electron chi connectivity index (χ3n) is 2.88. The van der Waals surface area contributed by atoms with Crippen LogP contribution in [0.1, 0.15) is 26.3 Å². The van der Waals surface area contributed by atoms with E-state index in [2.05, 4.69) is 41.8 Å². The molecule has 0 unspecified atom stereocenters. The van der Waals surface area contributed by atoms with Crippen LogP contribution in [0, 0.1) is 0 Å². The van der Waals surface area contributed by atoms with E-state index in [1.165, 1.54) is 4.90 Å². The molecule has 4 heteroatoms. The maximum absolute atomic E-state index is 11.9. The van der Waals surface area contributed by atoms with Crippen LogP contribution in [-0.4, -0.2) is 24.2 Å². The van der Waals surface area contributed by atoms with Crippen molar-refractivity contribution in [3.05, 3.63) is 29.8 Å². The third-order valence-corrected chi connectivity index (χ3v) is 3.77. The first kappa shape index (κ1) is 15.1. The molecule has 0 radical (unpaired) electrons. The molecule has 0 aliphatic rings. The molecule has 0 saturated heterocycles.